The minimum Gasteiger partial charge on any atom is -0.391 e. The van der Waals surface area contributed by atoms with Crippen LogP contribution in [0.3, 0.4) is 0 Å². The molecule has 10 amide bonds. The van der Waals surface area contributed by atoms with Crippen molar-refractivity contribution in [1.29, 1.82) is 0 Å². The average Bonchev–Trinajstić information content (AvgIpc) is 3.36. The third-order valence-electron chi connectivity index (χ3n) is 12.7. The topological polar surface area (TPSA) is 453 Å². The van der Waals surface area contributed by atoms with Crippen LogP contribution >= 0.6 is 0 Å². The van der Waals surface area contributed by atoms with Crippen molar-refractivity contribution in [3.63, 3.8) is 0 Å². The van der Waals surface area contributed by atoms with Gasteiger partial charge in [0.2, 0.25) is 59.1 Å². The lowest BCUT2D eigenvalue weighted by Crippen LogP contribution is -2.61. The van der Waals surface area contributed by atoms with Gasteiger partial charge in [-0.05, 0) is 122 Å². The Labute approximate surface area is 445 Å². The first-order valence-electron chi connectivity index (χ1n) is 26.3. The van der Waals surface area contributed by atoms with Gasteiger partial charge in [0, 0.05) is 13.0 Å². The van der Waals surface area contributed by atoms with E-state index < -0.39 is 132 Å². The molecule has 2 aliphatic rings. The van der Waals surface area contributed by atoms with Gasteiger partial charge in [0.25, 0.3) is 0 Å². The Morgan fingerprint density at radius 2 is 1.11 bits per heavy atom. The Hall–Kier alpha value is -6.10. The van der Waals surface area contributed by atoms with E-state index in [4.69, 9.17) is 28.7 Å². The number of aliphatic hydroxyl groups excluding tert-OH is 1. The van der Waals surface area contributed by atoms with E-state index in [0.29, 0.717) is 5.57 Å². The summed E-state index contributed by atoms with van der Waals surface area (Å²) in [5.74, 6) is -8.31. The van der Waals surface area contributed by atoms with Gasteiger partial charge in [-0.15, -0.1) is 0 Å². The Morgan fingerprint density at radius 1 is 0.632 bits per heavy atom. The summed E-state index contributed by atoms with van der Waals surface area (Å²) in [7, 11) is 1.56. The predicted octanol–water partition coefficient (Wildman–Crippen LogP) is -6.05. The zero-order valence-electron chi connectivity index (χ0n) is 45.0. The van der Waals surface area contributed by atoms with E-state index in [0.717, 1.165) is 6.42 Å². The number of hydrogen-bond donors (Lipinski definition) is 17. The first-order valence-corrected chi connectivity index (χ1v) is 26.3. The maximum absolute atomic E-state index is 14.4. The van der Waals surface area contributed by atoms with Gasteiger partial charge in [0.1, 0.15) is 54.4 Å². The van der Waals surface area contributed by atoms with E-state index in [1.54, 1.807) is 14.0 Å². The fourth-order valence-electron chi connectivity index (χ4n) is 8.43. The number of aliphatic hydroxyl groups is 1. The quantitative estimate of drug-likeness (QED) is 0.0453. The van der Waals surface area contributed by atoms with E-state index in [1.165, 1.54) is 6.92 Å². The molecule has 0 aromatic rings. The molecule has 27 heteroatoms. The smallest absolute Gasteiger partial charge is 0.245 e. The summed E-state index contributed by atoms with van der Waals surface area (Å²) in [5, 5.41) is 39.6. The summed E-state index contributed by atoms with van der Waals surface area (Å²) < 4.78 is 0. The molecule has 76 heavy (non-hydrogen) atoms. The van der Waals surface area contributed by atoms with Crippen molar-refractivity contribution >= 4 is 59.1 Å². The summed E-state index contributed by atoms with van der Waals surface area (Å²) >= 11 is 0. The second-order valence-corrected chi connectivity index (χ2v) is 19.6. The summed E-state index contributed by atoms with van der Waals surface area (Å²) in [6.45, 7) is 7.76. The number of carbonyl (C=O) groups is 10. The average molecular weight is 1080 g/mol. The van der Waals surface area contributed by atoms with E-state index >= 15 is 0 Å². The summed E-state index contributed by atoms with van der Waals surface area (Å²) in [4.78, 5) is 139. The predicted molar refractivity (Wildman–Crippen MR) is 283 cm³/mol. The highest BCUT2D eigenvalue weighted by Crippen LogP contribution is 2.20. The largest absolute Gasteiger partial charge is 0.391 e. The monoisotopic (exact) mass is 1080 g/mol. The van der Waals surface area contributed by atoms with Crippen molar-refractivity contribution in [2.75, 3.05) is 46.3 Å². The van der Waals surface area contributed by atoms with Gasteiger partial charge in [-0.1, -0.05) is 45.9 Å². The summed E-state index contributed by atoms with van der Waals surface area (Å²) in [6, 6.07) is -13.1. The molecule has 0 saturated carbocycles. The van der Waals surface area contributed by atoms with Crippen LogP contribution < -0.4 is 87.2 Å². The number of nitrogens with one attached hydrogen (secondary N) is 11. The molecule has 2 rings (SSSR count). The molecule has 1 aliphatic heterocycles. The molecular weight excluding hydrogens is 989 g/mol. The third kappa shape index (κ3) is 22.2. The van der Waals surface area contributed by atoms with E-state index in [9.17, 15) is 53.1 Å². The fraction of sp³-hybridized carbons (Fsp3) is 0.714. The molecule has 1 heterocycles. The number of carbonyl (C=O) groups excluding carboxylic acids is 10. The molecule has 22 N–H and O–H groups in total. The van der Waals surface area contributed by atoms with Crippen LogP contribution in [0.4, 0.5) is 0 Å². The highest BCUT2D eigenvalue weighted by molar-refractivity contribution is 5.99. The van der Waals surface area contributed by atoms with Crippen LogP contribution in [0, 0.1) is 11.8 Å². The van der Waals surface area contributed by atoms with Crippen LogP contribution in [0.25, 0.3) is 0 Å². The van der Waals surface area contributed by atoms with Gasteiger partial charge >= 0.3 is 0 Å². The van der Waals surface area contributed by atoms with Crippen LogP contribution in [0.2, 0.25) is 0 Å². The molecule has 0 aromatic heterocycles. The van der Waals surface area contributed by atoms with Gasteiger partial charge < -0.3 is 92.3 Å². The Morgan fingerprint density at radius 3 is 1.61 bits per heavy atom. The number of nitrogens with two attached hydrogens (primary N) is 5. The fourth-order valence-corrected chi connectivity index (χ4v) is 8.43. The van der Waals surface area contributed by atoms with Crippen LogP contribution in [-0.2, 0) is 47.9 Å². The molecule has 1 saturated heterocycles. The second-order valence-electron chi connectivity index (χ2n) is 19.6. The van der Waals surface area contributed by atoms with Crippen molar-refractivity contribution in [2.24, 2.45) is 40.5 Å². The maximum atomic E-state index is 14.4. The van der Waals surface area contributed by atoms with Gasteiger partial charge in [-0.25, -0.2) is 0 Å². The summed E-state index contributed by atoms with van der Waals surface area (Å²) in [5.41, 5.74) is 29.9. The highest BCUT2D eigenvalue weighted by atomic mass is 16.3. The minimum absolute atomic E-state index is 0.0487. The molecule has 0 spiro atoms. The molecule has 430 valence electrons. The Kier molecular flexibility index (Phi) is 30.0. The molecule has 12 atom stereocenters. The molecular formula is C49H88N16O11. The zero-order chi connectivity index (χ0) is 57.1. The van der Waals surface area contributed by atoms with Crippen molar-refractivity contribution < 1.29 is 53.1 Å². The van der Waals surface area contributed by atoms with E-state index in [1.807, 2.05) is 39.0 Å². The lowest BCUT2D eigenvalue weighted by Gasteiger charge is -2.29. The summed E-state index contributed by atoms with van der Waals surface area (Å²) in [6.07, 6.45) is 4.35. The molecule has 2 unspecified atom stereocenters. The van der Waals surface area contributed by atoms with Crippen molar-refractivity contribution in [3.8, 4) is 0 Å². The lowest BCUT2D eigenvalue weighted by atomic mass is 9.93. The van der Waals surface area contributed by atoms with Crippen LogP contribution in [0.5, 0.6) is 0 Å². The van der Waals surface area contributed by atoms with Crippen LogP contribution in [-0.4, -0.2) is 177 Å². The normalized spacial score (nSPS) is 25.4. The number of likely N-dealkylation sites (N-methyl/N-ethyl adjacent to an activating group) is 1. The van der Waals surface area contributed by atoms with Crippen LogP contribution in [0.1, 0.15) is 98.8 Å². The van der Waals surface area contributed by atoms with Crippen molar-refractivity contribution in [1.82, 2.24) is 58.5 Å². The molecule has 1 aliphatic carbocycles. The first kappa shape index (κ1) is 66.0. The third-order valence-corrected chi connectivity index (χ3v) is 12.7. The second kappa shape index (κ2) is 34.5. The van der Waals surface area contributed by atoms with Gasteiger partial charge in [-0.2, -0.15) is 0 Å². The van der Waals surface area contributed by atoms with Gasteiger partial charge in [-0.3, -0.25) is 47.9 Å². The maximum Gasteiger partial charge on any atom is 0.245 e. The molecule has 0 bridgehead atoms. The Balaban J connectivity index is 2.74. The van der Waals surface area contributed by atoms with E-state index in [2.05, 4.69) is 58.5 Å². The highest BCUT2D eigenvalue weighted by Gasteiger charge is 2.37. The minimum atomic E-state index is -1.64. The van der Waals surface area contributed by atoms with Crippen molar-refractivity contribution in [3.05, 3.63) is 23.8 Å². The first-order chi connectivity index (χ1) is 36.1. The van der Waals surface area contributed by atoms with Crippen LogP contribution in [0.15, 0.2) is 23.8 Å². The molecule has 27 nitrogen and oxygen atoms in total. The van der Waals surface area contributed by atoms with Gasteiger partial charge in [0.05, 0.1) is 12.1 Å². The van der Waals surface area contributed by atoms with Crippen molar-refractivity contribution in [2.45, 2.75) is 165 Å². The standard InChI is InChI=1S/C49H88N16O11/c1-7-30(57-41(68)31(55-6)11-17-50)40(67)58-32(12-18-51)43(70)62-36-16-22-56-49(76)39(28(5)66)65-46(73)35(15-21-54)60-42(69)33(13-19-52)61-47(74)37(23-26(2)3)63-48(75)38(25-29-10-8-9-27(4)24-29)64-44(71)34(14-20-53)59-45(36)72/h8,10,24,26-28,30-39,55,66H,7,9,11-23,25,50-54H2,1-6H3,(H,56,76)(H,57,68)(H,58,67)(H,59,72)(H,60,69)(H,61,74)(H,62,70)(H,63,75)(H,64,71)(H,65,73)/t27?,28-,30+,31+,32+,33?,34+,35+,36+,37+,38-,39+/m1/s1. The SMILES string of the molecule is CC[C@H](NC(=O)[C@H](CCN)NC)C(=O)N[C@@H](CCN)C(=O)N[C@H]1CCNC(=O)[C@H]([C@@H](C)O)NC(=O)[C@H](CCN)NC(=O)C(CCN)NC(=O)[C@H](CC(C)C)NC(=O)[C@@H](CC2=CC(C)CC=C2)NC(=O)[C@H](CCN)NC1=O. The molecule has 0 radical (unpaired) electrons. The molecule has 1 fully saturated rings. The lowest BCUT2D eigenvalue weighted by molar-refractivity contribution is -0.136. The van der Waals surface area contributed by atoms with E-state index in [-0.39, 0.29) is 102 Å². The number of hydrogen-bond acceptors (Lipinski definition) is 17. The zero-order valence-corrected chi connectivity index (χ0v) is 45.0. The van der Waals surface area contributed by atoms with Gasteiger partial charge in [0.15, 0.2) is 0 Å². The molecule has 0 aromatic carbocycles. The number of amides is 10. The number of allylic oxidation sites excluding steroid dienone is 3. The Bertz CT molecular complexity index is 2020. The number of rotatable bonds is 23.